The standard InChI is InChI=1S/C32H44N4O8.CH4N2/c1-17(2)7-9-21-23(42-15-19(37)13-35-5)11-25-28(29(21)39)30(40)27-22(10-8-18(3)4)31(41-6)26(12-24(27)44-25)43-16-20(38)14-36-32(33)34;2-1-3/h7-8,11-12,19-20,35,37-39H,9-10,13-16H2,1-6H3,(H4,33,34,36);1H,(H3,2,3). The number of nitrogens with zero attached hydrogens (tertiary/aromatic N) is 1. The first-order valence-electron chi connectivity index (χ1n) is 14.9. The Labute approximate surface area is 274 Å². The van der Waals surface area contributed by atoms with Gasteiger partial charge in [0.1, 0.15) is 53.5 Å². The SMILES string of the molecule is CNCC(O)COc1cc2oc3cc(OCC(O)CN=C(N)N)c(OC)c(CC=C(C)C)c3c(=O)c2c(O)c1CC=C(C)C.N=CN. The molecule has 0 radical (unpaired) electrons. The highest BCUT2D eigenvalue weighted by molar-refractivity contribution is 5.98. The summed E-state index contributed by atoms with van der Waals surface area (Å²) in [5, 5.41) is 41.0. The van der Waals surface area contributed by atoms with Crippen LogP contribution >= 0.6 is 0 Å². The summed E-state index contributed by atoms with van der Waals surface area (Å²) >= 11 is 0. The number of rotatable bonds is 15. The molecular weight excluding hydrogens is 608 g/mol. The highest BCUT2D eigenvalue weighted by atomic mass is 16.5. The van der Waals surface area contributed by atoms with Crippen molar-refractivity contribution in [3.05, 3.63) is 56.8 Å². The van der Waals surface area contributed by atoms with Gasteiger partial charge in [-0.2, -0.15) is 0 Å². The topological polar surface area (TPSA) is 245 Å². The number of allylic oxidation sites excluding steroid dienone is 4. The second-order valence-electron chi connectivity index (χ2n) is 11.2. The number of fused-ring (bicyclic) bond motifs is 2. The largest absolute Gasteiger partial charge is 0.507 e. The lowest BCUT2D eigenvalue weighted by molar-refractivity contribution is 0.107. The molecule has 0 aliphatic rings. The molecule has 1 heterocycles. The summed E-state index contributed by atoms with van der Waals surface area (Å²) in [7, 11) is 3.17. The first-order valence-corrected chi connectivity index (χ1v) is 14.9. The van der Waals surface area contributed by atoms with E-state index in [-0.39, 0.29) is 64.9 Å². The van der Waals surface area contributed by atoms with E-state index in [0.29, 0.717) is 36.3 Å². The molecule has 11 N–H and O–H groups in total. The van der Waals surface area contributed by atoms with Gasteiger partial charge in [-0.1, -0.05) is 23.3 Å². The number of aliphatic hydroxyl groups excluding tert-OH is 2. The Hall–Kier alpha value is -4.79. The van der Waals surface area contributed by atoms with Gasteiger partial charge in [0, 0.05) is 29.8 Å². The number of aromatic hydroxyl groups is 1. The normalized spacial score (nSPS) is 11.9. The molecule has 0 aliphatic carbocycles. The predicted molar refractivity (Wildman–Crippen MR) is 185 cm³/mol. The van der Waals surface area contributed by atoms with Gasteiger partial charge >= 0.3 is 0 Å². The van der Waals surface area contributed by atoms with Gasteiger partial charge in [0.15, 0.2) is 17.5 Å². The van der Waals surface area contributed by atoms with Crippen molar-refractivity contribution in [2.45, 2.75) is 52.7 Å². The minimum absolute atomic E-state index is 0.000363. The summed E-state index contributed by atoms with van der Waals surface area (Å²) in [4.78, 5) is 18.0. The van der Waals surface area contributed by atoms with Crippen LogP contribution < -0.4 is 42.2 Å². The summed E-state index contributed by atoms with van der Waals surface area (Å²) in [6.45, 7) is 7.75. The molecule has 2 atom stereocenters. The summed E-state index contributed by atoms with van der Waals surface area (Å²) < 4.78 is 23.8. The number of benzene rings is 2. The van der Waals surface area contributed by atoms with E-state index in [9.17, 15) is 20.1 Å². The Kier molecular flexibility index (Phi) is 15.0. The predicted octanol–water partition coefficient (Wildman–Crippen LogP) is 2.20. The van der Waals surface area contributed by atoms with Crippen LogP contribution in [0.4, 0.5) is 0 Å². The summed E-state index contributed by atoms with van der Waals surface area (Å²) in [5.41, 5.74) is 17.9. The Morgan fingerprint density at radius 1 is 0.979 bits per heavy atom. The van der Waals surface area contributed by atoms with Gasteiger partial charge in [0.2, 0.25) is 5.43 Å². The van der Waals surface area contributed by atoms with Gasteiger partial charge in [-0.05, 0) is 47.6 Å². The van der Waals surface area contributed by atoms with E-state index >= 15 is 0 Å². The number of nitrogens with one attached hydrogen (secondary N) is 2. The minimum Gasteiger partial charge on any atom is -0.507 e. The average Bonchev–Trinajstić information content (AvgIpc) is 3.00. The van der Waals surface area contributed by atoms with Crippen molar-refractivity contribution in [2.24, 2.45) is 22.2 Å². The summed E-state index contributed by atoms with van der Waals surface area (Å²) in [6, 6.07) is 3.06. The monoisotopic (exact) mass is 656 g/mol. The van der Waals surface area contributed by atoms with Crippen LogP contribution in [0.3, 0.4) is 0 Å². The van der Waals surface area contributed by atoms with Crippen molar-refractivity contribution in [3.8, 4) is 23.0 Å². The quantitative estimate of drug-likeness (QED) is 0.0508. The minimum atomic E-state index is -1.02. The van der Waals surface area contributed by atoms with Crippen molar-refractivity contribution < 1.29 is 33.9 Å². The third-order valence-corrected chi connectivity index (χ3v) is 6.73. The van der Waals surface area contributed by atoms with Gasteiger partial charge in [-0.25, -0.2) is 0 Å². The maximum atomic E-state index is 14.2. The highest BCUT2D eigenvalue weighted by Crippen LogP contribution is 2.41. The first-order chi connectivity index (χ1) is 22.3. The number of guanidine groups is 1. The molecule has 0 bridgehead atoms. The number of hydrogen-bond acceptors (Lipinski definition) is 11. The fraction of sp³-hybridized carbons (Fsp3) is 0.424. The Morgan fingerprint density at radius 2 is 1.51 bits per heavy atom. The first kappa shape index (κ1) is 38.4. The molecule has 3 rings (SSSR count). The zero-order chi connectivity index (χ0) is 35.3. The summed E-state index contributed by atoms with van der Waals surface area (Å²) in [5.74, 6) is 0.391. The fourth-order valence-electron chi connectivity index (χ4n) is 4.60. The van der Waals surface area contributed by atoms with Gasteiger partial charge in [-0.3, -0.25) is 15.2 Å². The average molecular weight is 657 g/mol. The number of ether oxygens (including phenoxy) is 3. The lowest BCUT2D eigenvalue weighted by atomic mass is 9.98. The number of hydrogen-bond donors (Lipinski definition) is 8. The number of likely N-dealkylation sites (N-methyl/N-ethyl adjacent to an activating group) is 1. The van der Waals surface area contributed by atoms with Crippen LogP contribution in [0.1, 0.15) is 38.8 Å². The molecule has 0 aliphatic heterocycles. The van der Waals surface area contributed by atoms with E-state index in [1.165, 1.54) is 13.2 Å². The molecule has 14 heteroatoms. The van der Waals surface area contributed by atoms with Crippen LogP contribution in [0.5, 0.6) is 23.0 Å². The smallest absolute Gasteiger partial charge is 0.204 e. The van der Waals surface area contributed by atoms with Gasteiger partial charge < -0.3 is 56.5 Å². The van der Waals surface area contributed by atoms with E-state index in [4.69, 9.17) is 35.5 Å². The van der Waals surface area contributed by atoms with Crippen LogP contribution in [0.15, 0.2) is 49.6 Å². The number of methoxy groups -OCH3 is 1. The van der Waals surface area contributed by atoms with Crippen LogP contribution in [-0.4, -0.2) is 80.3 Å². The van der Waals surface area contributed by atoms with Crippen LogP contribution in [0.2, 0.25) is 0 Å². The van der Waals surface area contributed by atoms with E-state index in [2.05, 4.69) is 16.0 Å². The second-order valence-corrected chi connectivity index (χ2v) is 11.2. The number of aliphatic imine (C=N–C) groups is 1. The molecule has 0 fully saturated rings. The third kappa shape index (κ3) is 10.6. The van der Waals surface area contributed by atoms with Crippen molar-refractivity contribution >= 4 is 34.2 Å². The van der Waals surface area contributed by atoms with Gasteiger partial charge in [0.05, 0.1) is 25.4 Å². The number of phenols is 1. The van der Waals surface area contributed by atoms with Crippen LogP contribution in [0.25, 0.3) is 21.9 Å². The summed E-state index contributed by atoms with van der Waals surface area (Å²) in [6.07, 6.45) is 3.38. The molecule has 0 amide bonds. The molecule has 258 valence electrons. The van der Waals surface area contributed by atoms with E-state index in [1.807, 2.05) is 39.8 Å². The van der Waals surface area contributed by atoms with Crippen LogP contribution in [-0.2, 0) is 12.8 Å². The van der Waals surface area contributed by atoms with Gasteiger partial charge in [0.25, 0.3) is 0 Å². The zero-order valence-corrected chi connectivity index (χ0v) is 27.8. The Bertz CT molecular complexity index is 1670. The molecule has 1 aromatic heterocycles. The molecule has 0 spiro atoms. The molecule has 47 heavy (non-hydrogen) atoms. The van der Waals surface area contributed by atoms with Gasteiger partial charge in [-0.15, -0.1) is 0 Å². The zero-order valence-electron chi connectivity index (χ0n) is 27.8. The van der Waals surface area contributed by atoms with Crippen molar-refractivity contribution in [1.82, 2.24) is 5.32 Å². The highest BCUT2D eigenvalue weighted by Gasteiger charge is 2.25. The molecule has 2 unspecified atom stereocenters. The molecule has 0 saturated heterocycles. The fourth-order valence-corrected chi connectivity index (χ4v) is 4.60. The Balaban J connectivity index is 0.00000246. The maximum Gasteiger partial charge on any atom is 0.204 e. The molecule has 2 aromatic carbocycles. The third-order valence-electron chi connectivity index (χ3n) is 6.73. The molecule has 14 nitrogen and oxygen atoms in total. The number of phenolic OH excluding ortho intramolecular Hbond substituents is 1. The molecular formula is C33H48N6O8. The van der Waals surface area contributed by atoms with E-state index < -0.39 is 17.6 Å². The maximum absolute atomic E-state index is 14.2. The van der Waals surface area contributed by atoms with Crippen LogP contribution in [0, 0.1) is 5.41 Å². The van der Waals surface area contributed by atoms with Crippen molar-refractivity contribution in [2.75, 3.05) is 40.5 Å². The Morgan fingerprint density at radius 3 is 2.06 bits per heavy atom. The van der Waals surface area contributed by atoms with E-state index in [1.54, 1.807) is 13.1 Å². The van der Waals surface area contributed by atoms with Crippen molar-refractivity contribution in [1.29, 1.82) is 5.41 Å². The van der Waals surface area contributed by atoms with E-state index in [0.717, 1.165) is 17.5 Å². The molecule has 3 aromatic rings. The lowest BCUT2D eigenvalue weighted by Gasteiger charge is -2.19. The number of nitrogens with two attached hydrogens (primary N) is 3. The van der Waals surface area contributed by atoms with Crippen molar-refractivity contribution in [3.63, 3.8) is 0 Å². The molecule has 0 saturated carbocycles. The lowest BCUT2D eigenvalue weighted by Crippen LogP contribution is -2.29. The second kappa shape index (κ2) is 18.4. The number of aliphatic hydroxyl groups is 2.